The third-order valence-electron chi connectivity index (χ3n) is 10.1. The van der Waals surface area contributed by atoms with Crippen LogP contribution in [-0.4, -0.2) is 95.9 Å². The van der Waals surface area contributed by atoms with Crippen molar-refractivity contribution < 1.29 is 23.8 Å². The lowest BCUT2D eigenvalue weighted by molar-refractivity contribution is -0.125. The Labute approximate surface area is 274 Å². The van der Waals surface area contributed by atoms with E-state index < -0.39 is 5.41 Å². The summed E-state index contributed by atoms with van der Waals surface area (Å²) in [6.07, 6.45) is 4.40. The Morgan fingerprint density at radius 3 is 2.21 bits per heavy atom. The predicted molar refractivity (Wildman–Crippen MR) is 175 cm³/mol. The standard InChI is InChI=1S/C35H41N7O5/c1-45-29-12-10-27(42-24-37-38-39-42)22-28(29)32(43)41-20-14-34(23-41,26-9-11-30(46-2)31(21-26)47-3)13-17-40-18-15-35(16-19-40,33(36)44)25-7-5-4-6-8-25/h4-12,21-22,24H,13-20,23H2,1-3H3,(H2,36,44). The van der Waals surface area contributed by atoms with E-state index in [2.05, 4.69) is 26.5 Å². The molecular formula is C35H41N7O5. The van der Waals surface area contributed by atoms with Crippen LogP contribution in [0.2, 0.25) is 0 Å². The number of primary amides is 1. The Balaban J connectivity index is 1.25. The molecule has 6 rings (SSSR count). The molecule has 1 atom stereocenters. The molecule has 1 unspecified atom stereocenters. The van der Waals surface area contributed by atoms with Gasteiger partial charge in [0.15, 0.2) is 11.5 Å². The normalized spacial score (nSPS) is 19.3. The molecule has 1 aromatic heterocycles. The van der Waals surface area contributed by atoms with Gasteiger partial charge in [0.25, 0.3) is 5.91 Å². The summed E-state index contributed by atoms with van der Waals surface area (Å²) in [5, 5.41) is 11.4. The molecule has 12 heteroatoms. The smallest absolute Gasteiger partial charge is 0.257 e. The van der Waals surface area contributed by atoms with Crippen LogP contribution in [0.1, 0.15) is 47.2 Å². The molecule has 2 saturated heterocycles. The number of nitrogens with zero attached hydrogens (tertiary/aromatic N) is 6. The molecule has 2 amide bonds. The number of likely N-dealkylation sites (tertiary alicyclic amines) is 2. The molecule has 0 aliphatic carbocycles. The van der Waals surface area contributed by atoms with Crippen molar-refractivity contribution in [1.82, 2.24) is 30.0 Å². The average molecular weight is 640 g/mol. The summed E-state index contributed by atoms with van der Waals surface area (Å²) in [7, 11) is 4.82. The van der Waals surface area contributed by atoms with Crippen LogP contribution >= 0.6 is 0 Å². The Kier molecular flexibility index (Phi) is 9.12. The lowest BCUT2D eigenvalue weighted by Gasteiger charge is -2.41. The largest absolute Gasteiger partial charge is 0.496 e. The van der Waals surface area contributed by atoms with Gasteiger partial charge in [-0.1, -0.05) is 36.4 Å². The maximum absolute atomic E-state index is 14.2. The molecule has 3 heterocycles. The first-order valence-corrected chi connectivity index (χ1v) is 15.8. The van der Waals surface area contributed by atoms with Crippen LogP contribution in [-0.2, 0) is 15.6 Å². The van der Waals surface area contributed by atoms with E-state index >= 15 is 0 Å². The number of ether oxygens (including phenoxy) is 3. The number of hydrogen-bond acceptors (Lipinski definition) is 9. The van der Waals surface area contributed by atoms with Gasteiger partial charge in [-0.3, -0.25) is 9.59 Å². The van der Waals surface area contributed by atoms with Crippen molar-refractivity contribution in [3.63, 3.8) is 0 Å². The van der Waals surface area contributed by atoms with Crippen LogP contribution in [0.25, 0.3) is 5.69 Å². The van der Waals surface area contributed by atoms with Crippen LogP contribution in [0.15, 0.2) is 73.1 Å². The number of piperidine rings is 1. The molecule has 3 aromatic carbocycles. The number of methoxy groups -OCH3 is 3. The van der Waals surface area contributed by atoms with Crippen molar-refractivity contribution >= 4 is 11.8 Å². The second-order valence-corrected chi connectivity index (χ2v) is 12.4. The Hall–Kier alpha value is -4.97. The second kappa shape index (κ2) is 13.4. The van der Waals surface area contributed by atoms with Crippen molar-refractivity contribution in [3.05, 3.63) is 89.7 Å². The van der Waals surface area contributed by atoms with Crippen molar-refractivity contribution in [2.24, 2.45) is 5.73 Å². The van der Waals surface area contributed by atoms with Crippen LogP contribution in [0.4, 0.5) is 0 Å². The lowest BCUT2D eigenvalue weighted by atomic mass is 9.71. The van der Waals surface area contributed by atoms with Gasteiger partial charge in [0.1, 0.15) is 12.1 Å². The van der Waals surface area contributed by atoms with Crippen LogP contribution in [0.5, 0.6) is 17.2 Å². The molecule has 0 bridgehead atoms. The highest BCUT2D eigenvalue weighted by Crippen LogP contribution is 2.43. The molecule has 0 spiro atoms. The molecule has 0 radical (unpaired) electrons. The quantitative estimate of drug-likeness (QED) is 0.262. The molecule has 47 heavy (non-hydrogen) atoms. The SMILES string of the molecule is COc1ccc(C2(CCN3CCC(C(N)=O)(c4ccccc4)CC3)CCN(C(=O)c3cc(-n4cnnn4)ccc3OC)C2)cc1OC. The summed E-state index contributed by atoms with van der Waals surface area (Å²) in [6.45, 7) is 3.40. The van der Waals surface area contributed by atoms with Gasteiger partial charge in [-0.2, -0.15) is 0 Å². The van der Waals surface area contributed by atoms with Gasteiger partial charge in [0.2, 0.25) is 5.91 Å². The molecule has 2 N–H and O–H groups in total. The van der Waals surface area contributed by atoms with E-state index in [4.69, 9.17) is 19.9 Å². The summed E-state index contributed by atoms with van der Waals surface area (Å²) in [6, 6.07) is 21.3. The highest BCUT2D eigenvalue weighted by molar-refractivity contribution is 5.98. The van der Waals surface area contributed by atoms with Crippen molar-refractivity contribution in [3.8, 4) is 22.9 Å². The number of aromatic nitrogens is 4. The Morgan fingerprint density at radius 2 is 1.55 bits per heavy atom. The zero-order valence-electron chi connectivity index (χ0n) is 27.1. The molecule has 12 nitrogen and oxygen atoms in total. The summed E-state index contributed by atoms with van der Waals surface area (Å²) in [5.74, 6) is 1.40. The number of rotatable bonds is 11. The van der Waals surface area contributed by atoms with Gasteiger partial charge in [0.05, 0.1) is 38.0 Å². The van der Waals surface area contributed by atoms with Crippen LogP contribution in [0.3, 0.4) is 0 Å². The first kappa shape index (κ1) is 32.0. The second-order valence-electron chi connectivity index (χ2n) is 12.4. The summed E-state index contributed by atoms with van der Waals surface area (Å²) >= 11 is 0. The molecule has 2 fully saturated rings. The van der Waals surface area contributed by atoms with Gasteiger partial charge in [-0.15, -0.1) is 5.10 Å². The molecule has 4 aromatic rings. The van der Waals surface area contributed by atoms with E-state index in [1.54, 1.807) is 33.5 Å². The Morgan fingerprint density at radius 1 is 0.830 bits per heavy atom. The summed E-state index contributed by atoms with van der Waals surface area (Å²) < 4.78 is 18.3. The maximum atomic E-state index is 14.2. The third kappa shape index (κ3) is 6.12. The van der Waals surface area contributed by atoms with Crippen LogP contribution in [0, 0.1) is 0 Å². The monoisotopic (exact) mass is 639 g/mol. The molecule has 2 aliphatic heterocycles. The molecule has 0 saturated carbocycles. The molecular weight excluding hydrogens is 598 g/mol. The number of benzene rings is 3. The minimum Gasteiger partial charge on any atom is -0.496 e. The minimum absolute atomic E-state index is 0.119. The number of tetrazole rings is 1. The van der Waals surface area contributed by atoms with E-state index in [-0.39, 0.29) is 17.2 Å². The summed E-state index contributed by atoms with van der Waals surface area (Å²) in [4.78, 5) is 31.2. The van der Waals surface area contributed by atoms with Gasteiger partial charge < -0.3 is 29.7 Å². The minimum atomic E-state index is -0.661. The predicted octanol–water partition coefficient (Wildman–Crippen LogP) is 3.38. The number of carbonyl (C=O) groups excluding carboxylic acids is 2. The number of amides is 2. The zero-order valence-corrected chi connectivity index (χ0v) is 27.1. The van der Waals surface area contributed by atoms with E-state index in [0.29, 0.717) is 54.4 Å². The zero-order chi connectivity index (χ0) is 33.0. The lowest BCUT2D eigenvalue weighted by Crippen LogP contribution is -2.50. The van der Waals surface area contributed by atoms with Gasteiger partial charge >= 0.3 is 0 Å². The van der Waals surface area contributed by atoms with Crippen molar-refractivity contribution in [1.29, 1.82) is 0 Å². The number of carbonyl (C=O) groups is 2. The number of hydrogen-bond donors (Lipinski definition) is 1. The van der Waals surface area contributed by atoms with Crippen molar-refractivity contribution in [2.45, 2.75) is 36.5 Å². The van der Waals surface area contributed by atoms with E-state index in [1.165, 1.54) is 11.0 Å². The molecule has 246 valence electrons. The Bertz CT molecular complexity index is 1710. The third-order valence-corrected chi connectivity index (χ3v) is 10.1. The molecule has 2 aliphatic rings. The average Bonchev–Trinajstić information content (AvgIpc) is 3.82. The fourth-order valence-corrected chi connectivity index (χ4v) is 7.22. The topological polar surface area (TPSA) is 138 Å². The fourth-order valence-electron chi connectivity index (χ4n) is 7.22. The van der Waals surface area contributed by atoms with Gasteiger partial charge in [-0.25, -0.2) is 4.68 Å². The highest BCUT2D eigenvalue weighted by atomic mass is 16.5. The fraction of sp³-hybridized carbons (Fsp3) is 0.400. The van der Waals surface area contributed by atoms with Crippen molar-refractivity contribution in [2.75, 3.05) is 54.1 Å². The maximum Gasteiger partial charge on any atom is 0.257 e. The van der Waals surface area contributed by atoms with Gasteiger partial charge in [-0.05, 0) is 97.2 Å². The number of nitrogens with two attached hydrogens (primary N) is 1. The van der Waals surface area contributed by atoms with E-state index in [0.717, 1.165) is 43.6 Å². The highest BCUT2D eigenvalue weighted by Gasteiger charge is 2.45. The summed E-state index contributed by atoms with van der Waals surface area (Å²) in [5.41, 5.74) is 8.20. The van der Waals surface area contributed by atoms with Gasteiger partial charge in [0, 0.05) is 18.5 Å². The first-order chi connectivity index (χ1) is 22.8. The van der Waals surface area contributed by atoms with E-state index in [1.807, 2.05) is 53.4 Å². The van der Waals surface area contributed by atoms with Crippen LogP contribution < -0.4 is 19.9 Å². The van der Waals surface area contributed by atoms with E-state index in [9.17, 15) is 9.59 Å². The first-order valence-electron chi connectivity index (χ1n) is 15.8.